The molecule has 1 aromatic rings. The molecule has 1 aliphatic heterocycles. The Morgan fingerprint density at radius 2 is 1.82 bits per heavy atom. The molecule has 94 valence electrons. The molecule has 0 unspecified atom stereocenters. The first-order chi connectivity index (χ1) is 7.92. The van der Waals surface area contributed by atoms with Crippen LogP contribution in [-0.4, -0.2) is 31.2 Å². The van der Waals surface area contributed by atoms with Crippen LogP contribution in [0.4, 0.5) is 0 Å². The minimum atomic E-state index is -3.64. The number of rotatable bonds is 4. The van der Waals surface area contributed by atoms with Gasteiger partial charge < -0.3 is 9.84 Å². The van der Waals surface area contributed by atoms with Crippen LogP contribution < -0.4 is 0 Å². The molecule has 0 radical (unpaired) electrons. The lowest BCUT2D eigenvalue weighted by Gasteiger charge is -2.22. The molecule has 0 aromatic heterocycles. The third-order valence-electron chi connectivity index (χ3n) is 3.02. The Labute approximate surface area is 101 Å². The van der Waals surface area contributed by atoms with Crippen molar-refractivity contribution in [3.05, 3.63) is 30.3 Å². The van der Waals surface area contributed by atoms with Crippen LogP contribution in [0, 0.1) is 5.92 Å². The highest BCUT2D eigenvalue weighted by Gasteiger charge is 2.63. The quantitative estimate of drug-likeness (QED) is 0.822. The number of hydrogen-bond donors (Lipinski definition) is 1. The predicted octanol–water partition coefficient (Wildman–Crippen LogP) is 1.20. The molecule has 0 spiro atoms. The maximum atomic E-state index is 12.4. The first-order valence-corrected chi connectivity index (χ1v) is 7.02. The summed E-state index contributed by atoms with van der Waals surface area (Å²) in [5.74, 6) is -0.170. The van der Waals surface area contributed by atoms with E-state index >= 15 is 0 Å². The molecule has 0 saturated carbocycles. The molecule has 17 heavy (non-hydrogen) atoms. The highest BCUT2D eigenvalue weighted by atomic mass is 32.2. The average molecular weight is 256 g/mol. The van der Waals surface area contributed by atoms with Crippen LogP contribution in [0.1, 0.15) is 13.8 Å². The minimum absolute atomic E-state index is 0.0591. The molecule has 1 saturated heterocycles. The summed E-state index contributed by atoms with van der Waals surface area (Å²) in [6.45, 7) is 3.60. The molecule has 0 bridgehead atoms. The Morgan fingerprint density at radius 3 is 2.24 bits per heavy atom. The van der Waals surface area contributed by atoms with Crippen molar-refractivity contribution in [2.24, 2.45) is 5.92 Å². The van der Waals surface area contributed by atoms with Gasteiger partial charge in [-0.1, -0.05) is 32.0 Å². The van der Waals surface area contributed by atoms with Crippen LogP contribution in [-0.2, 0) is 14.6 Å². The van der Waals surface area contributed by atoms with E-state index in [1.807, 2.05) is 0 Å². The van der Waals surface area contributed by atoms with Crippen molar-refractivity contribution >= 4 is 9.84 Å². The van der Waals surface area contributed by atoms with Crippen molar-refractivity contribution in [3.8, 4) is 0 Å². The maximum Gasteiger partial charge on any atom is 0.222 e. The number of sulfone groups is 1. The molecule has 1 aromatic carbocycles. The third-order valence-corrected chi connectivity index (χ3v) is 5.30. The van der Waals surface area contributed by atoms with E-state index in [4.69, 9.17) is 4.74 Å². The molecule has 4 nitrogen and oxygen atoms in total. The summed E-state index contributed by atoms with van der Waals surface area (Å²) in [7, 11) is -3.64. The summed E-state index contributed by atoms with van der Waals surface area (Å²) in [5, 5.41) is 10.0. The standard InChI is InChI=1S/C12H16O4S/c1-9(2)11(13)12(8-16-12)17(14,15)10-6-4-3-5-7-10/h3-7,9,11,13H,8H2,1-2H3/t11-,12+/m0/s1. The zero-order chi connectivity index (χ0) is 12.7. The smallest absolute Gasteiger partial charge is 0.222 e. The number of ether oxygens (including phenoxy) is 1. The minimum Gasteiger partial charge on any atom is -0.389 e. The lowest BCUT2D eigenvalue weighted by molar-refractivity contribution is 0.0742. The van der Waals surface area contributed by atoms with Crippen molar-refractivity contribution in [3.63, 3.8) is 0 Å². The van der Waals surface area contributed by atoms with Crippen molar-refractivity contribution < 1.29 is 18.3 Å². The number of aliphatic hydroxyl groups is 1. The molecule has 2 atom stereocenters. The predicted molar refractivity (Wildman–Crippen MR) is 63.2 cm³/mol. The number of aliphatic hydroxyl groups excluding tert-OH is 1. The van der Waals surface area contributed by atoms with Gasteiger partial charge in [-0.2, -0.15) is 0 Å². The Hall–Kier alpha value is -0.910. The number of epoxide rings is 1. The monoisotopic (exact) mass is 256 g/mol. The van der Waals surface area contributed by atoms with Gasteiger partial charge in [0.15, 0.2) is 0 Å². The van der Waals surface area contributed by atoms with Crippen LogP contribution in [0.3, 0.4) is 0 Å². The van der Waals surface area contributed by atoms with E-state index in [9.17, 15) is 13.5 Å². The Morgan fingerprint density at radius 1 is 1.29 bits per heavy atom. The Bertz CT molecular complexity index is 488. The SMILES string of the molecule is CC(C)[C@H](O)[C@]1(S(=O)(=O)c2ccccc2)CO1. The molecule has 0 amide bonds. The van der Waals surface area contributed by atoms with Gasteiger partial charge in [0.2, 0.25) is 14.8 Å². The summed E-state index contributed by atoms with van der Waals surface area (Å²) in [5.41, 5.74) is 0. The second kappa shape index (κ2) is 4.08. The average Bonchev–Trinajstić information content (AvgIpc) is 3.10. The second-order valence-electron chi connectivity index (χ2n) is 4.61. The molecule has 0 aliphatic carbocycles. The summed E-state index contributed by atoms with van der Waals surface area (Å²) in [6, 6.07) is 8.10. The van der Waals surface area contributed by atoms with E-state index < -0.39 is 20.9 Å². The highest BCUT2D eigenvalue weighted by molar-refractivity contribution is 7.93. The second-order valence-corrected chi connectivity index (χ2v) is 6.78. The lowest BCUT2D eigenvalue weighted by atomic mass is 10.0. The van der Waals surface area contributed by atoms with Gasteiger partial charge >= 0.3 is 0 Å². The summed E-state index contributed by atoms with van der Waals surface area (Å²) in [6.07, 6.45) is -1.01. The summed E-state index contributed by atoms with van der Waals surface area (Å²) >= 11 is 0. The van der Waals surface area contributed by atoms with Gasteiger partial charge in [0.1, 0.15) is 6.10 Å². The highest BCUT2D eigenvalue weighted by Crippen LogP contribution is 2.43. The fourth-order valence-corrected chi connectivity index (χ4v) is 3.74. The zero-order valence-electron chi connectivity index (χ0n) is 9.83. The summed E-state index contributed by atoms with van der Waals surface area (Å²) in [4.78, 5) is -1.25. The number of benzene rings is 1. The van der Waals surface area contributed by atoms with Crippen molar-refractivity contribution in [1.29, 1.82) is 0 Å². The maximum absolute atomic E-state index is 12.4. The third kappa shape index (κ3) is 1.88. The van der Waals surface area contributed by atoms with E-state index in [1.165, 1.54) is 12.1 Å². The molecule has 5 heteroatoms. The molecule has 1 heterocycles. The van der Waals surface area contributed by atoms with Crippen LogP contribution >= 0.6 is 0 Å². The fraction of sp³-hybridized carbons (Fsp3) is 0.500. The van der Waals surface area contributed by atoms with E-state index in [0.717, 1.165) is 0 Å². The van der Waals surface area contributed by atoms with Gasteiger partial charge in [-0.05, 0) is 18.1 Å². The topological polar surface area (TPSA) is 66.9 Å². The van der Waals surface area contributed by atoms with Gasteiger partial charge in [-0.15, -0.1) is 0 Å². The van der Waals surface area contributed by atoms with E-state index in [2.05, 4.69) is 0 Å². The molecule has 2 rings (SSSR count). The Kier molecular flexibility index (Phi) is 3.01. The molecule has 1 aliphatic rings. The zero-order valence-corrected chi connectivity index (χ0v) is 10.6. The van der Waals surface area contributed by atoms with E-state index in [-0.39, 0.29) is 17.4 Å². The van der Waals surface area contributed by atoms with E-state index in [0.29, 0.717) is 0 Å². The van der Waals surface area contributed by atoms with Crippen LogP contribution in [0.15, 0.2) is 35.2 Å². The number of hydrogen-bond acceptors (Lipinski definition) is 4. The van der Waals surface area contributed by atoms with Crippen molar-refractivity contribution in [2.45, 2.75) is 29.8 Å². The van der Waals surface area contributed by atoms with Gasteiger partial charge in [-0.3, -0.25) is 0 Å². The molecule has 1 fully saturated rings. The fourth-order valence-electron chi connectivity index (χ4n) is 1.86. The first kappa shape index (κ1) is 12.5. The van der Waals surface area contributed by atoms with Gasteiger partial charge in [0.05, 0.1) is 11.5 Å². The van der Waals surface area contributed by atoms with Gasteiger partial charge in [0.25, 0.3) is 0 Å². The van der Waals surface area contributed by atoms with Gasteiger partial charge in [0, 0.05) is 0 Å². The van der Waals surface area contributed by atoms with Crippen molar-refractivity contribution in [2.75, 3.05) is 6.61 Å². The molecular weight excluding hydrogens is 240 g/mol. The normalized spacial score (nSPS) is 25.9. The van der Waals surface area contributed by atoms with Crippen LogP contribution in [0.5, 0.6) is 0 Å². The van der Waals surface area contributed by atoms with Crippen LogP contribution in [0.25, 0.3) is 0 Å². The summed E-state index contributed by atoms with van der Waals surface area (Å²) < 4.78 is 29.9. The van der Waals surface area contributed by atoms with Gasteiger partial charge in [-0.25, -0.2) is 8.42 Å². The lowest BCUT2D eigenvalue weighted by Crippen LogP contribution is -2.41. The Balaban J connectivity index is 2.41. The largest absolute Gasteiger partial charge is 0.389 e. The first-order valence-electron chi connectivity index (χ1n) is 5.53. The van der Waals surface area contributed by atoms with Crippen LogP contribution in [0.2, 0.25) is 0 Å². The molecule has 1 N–H and O–H groups in total. The molecular formula is C12H16O4S. The van der Waals surface area contributed by atoms with E-state index in [1.54, 1.807) is 32.0 Å². The van der Waals surface area contributed by atoms with Crippen molar-refractivity contribution in [1.82, 2.24) is 0 Å².